The van der Waals surface area contributed by atoms with Gasteiger partial charge in [-0.15, -0.1) is 0 Å². The van der Waals surface area contributed by atoms with Crippen molar-refractivity contribution in [2.45, 2.75) is 26.7 Å². The van der Waals surface area contributed by atoms with Crippen LogP contribution in [0.4, 0.5) is 5.69 Å². The molecule has 112 valence electrons. The molecule has 0 aromatic heterocycles. The lowest BCUT2D eigenvalue weighted by atomic mass is 9.83. The minimum absolute atomic E-state index is 0.129. The van der Waals surface area contributed by atoms with Crippen molar-refractivity contribution < 1.29 is 14.6 Å². The lowest BCUT2D eigenvalue weighted by Crippen LogP contribution is -2.32. The molecule has 0 amide bonds. The van der Waals surface area contributed by atoms with Crippen LogP contribution in [0.15, 0.2) is 18.2 Å². The van der Waals surface area contributed by atoms with Crippen LogP contribution in [-0.4, -0.2) is 31.3 Å². The smallest absolute Gasteiger partial charge is 0.339 e. The van der Waals surface area contributed by atoms with Crippen molar-refractivity contribution in [1.82, 2.24) is 0 Å². The Morgan fingerprint density at radius 1 is 1.40 bits per heavy atom. The number of esters is 1. The van der Waals surface area contributed by atoms with E-state index in [1.807, 2.05) is 6.07 Å². The molecular weight excluding hydrogens is 278 g/mol. The summed E-state index contributed by atoms with van der Waals surface area (Å²) < 4.78 is 4.69. The van der Waals surface area contributed by atoms with Crippen LogP contribution in [0, 0.1) is 5.41 Å². The van der Waals surface area contributed by atoms with E-state index in [4.69, 9.17) is 11.6 Å². The Labute approximate surface area is 125 Å². The quantitative estimate of drug-likeness (QED) is 0.758. The summed E-state index contributed by atoms with van der Waals surface area (Å²) in [7, 11) is 1.32. The molecule has 0 unspecified atom stereocenters. The Balaban J connectivity index is 2.86. The second-order valence-electron chi connectivity index (χ2n) is 4.90. The van der Waals surface area contributed by atoms with Gasteiger partial charge in [-0.3, -0.25) is 0 Å². The van der Waals surface area contributed by atoms with Crippen LogP contribution in [0.25, 0.3) is 0 Å². The summed E-state index contributed by atoms with van der Waals surface area (Å²) in [4.78, 5) is 11.6. The SMILES string of the molecule is CCC(CC)(CO)CNc1ccc(Cl)c(C(=O)OC)c1. The maximum atomic E-state index is 11.6. The van der Waals surface area contributed by atoms with E-state index in [-0.39, 0.29) is 12.0 Å². The predicted octanol–water partition coefficient (Wildman–Crippen LogP) is 3.34. The number of anilines is 1. The number of aliphatic hydroxyl groups is 1. The average molecular weight is 300 g/mol. The van der Waals surface area contributed by atoms with E-state index in [1.165, 1.54) is 7.11 Å². The van der Waals surface area contributed by atoms with Gasteiger partial charge in [-0.25, -0.2) is 4.79 Å². The van der Waals surface area contributed by atoms with Crippen LogP contribution in [-0.2, 0) is 4.74 Å². The van der Waals surface area contributed by atoms with E-state index in [2.05, 4.69) is 23.9 Å². The highest BCUT2D eigenvalue weighted by atomic mass is 35.5. The summed E-state index contributed by atoms with van der Waals surface area (Å²) in [5.41, 5.74) is 0.974. The third-order valence-corrected chi connectivity index (χ3v) is 4.20. The molecule has 0 aliphatic heterocycles. The van der Waals surface area contributed by atoms with Crippen molar-refractivity contribution in [3.63, 3.8) is 0 Å². The normalized spacial score (nSPS) is 11.2. The number of aliphatic hydroxyl groups excluding tert-OH is 1. The van der Waals surface area contributed by atoms with Crippen molar-refractivity contribution in [3.8, 4) is 0 Å². The molecule has 5 heteroatoms. The van der Waals surface area contributed by atoms with Gasteiger partial charge in [-0.2, -0.15) is 0 Å². The fourth-order valence-corrected chi connectivity index (χ4v) is 2.17. The molecule has 0 radical (unpaired) electrons. The highest BCUT2D eigenvalue weighted by molar-refractivity contribution is 6.33. The molecule has 1 aromatic rings. The Morgan fingerprint density at radius 2 is 2.05 bits per heavy atom. The number of halogens is 1. The van der Waals surface area contributed by atoms with Crippen molar-refractivity contribution in [2.75, 3.05) is 25.6 Å². The molecule has 1 rings (SSSR count). The summed E-state index contributed by atoms with van der Waals surface area (Å²) in [5, 5.41) is 13.2. The van der Waals surface area contributed by atoms with Crippen LogP contribution < -0.4 is 5.32 Å². The number of carbonyl (C=O) groups is 1. The van der Waals surface area contributed by atoms with Gasteiger partial charge in [0, 0.05) is 17.6 Å². The number of ether oxygens (including phenoxy) is 1. The minimum atomic E-state index is -0.460. The monoisotopic (exact) mass is 299 g/mol. The van der Waals surface area contributed by atoms with Crippen LogP contribution in [0.2, 0.25) is 5.02 Å². The molecule has 4 nitrogen and oxygen atoms in total. The Kier molecular flexibility index (Phi) is 6.30. The molecule has 2 N–H and O–H groups in total. The number of hydrogen-bond donors (Lipinski definition) is 2. The summed E-state index contributed by atoms with van der Waals surface area (Å²) >= 11 is 5.97. The molecule has 0 saturated heterocycles. The van der Waals surface area contributed by atoms with Crippen molar-refractivity contribution in [2.24, 2.45) is 5.41 Å². The summed E-state index contributed by atoms with van der Waals surface area (Å²) in [6, 6.07) is 5.14. The van der Waals surface area contributed by atoms with E-state index in [0.717, 1.165) is 18.5 Å². The van der Waals surface area contributed by atoms with Crippen LogP contribution >= 0.6 is 11.6 Å². The van der Waals surface area contributed by atoms with E-state index >= 15 is 0 Å². The lowest BCUT2D eigenvalue weighted by Gasteiger charge is -2.30. The molecule has 0 saturated carbocycles. The van der Waals surface area contributed by atoms with Gasteiger partial charge >= 0.3 is 5.97 Å². The van der Waals surface area contributed by atoms with Gasteiger partial charge in [0.25, 0.3) is 0 Å². The largest absolute Gasteiger partial charge is 0.465 e. The average Bonchev–Trinajstić information content (AvgIpc) is 2.50. The molecule has 0 bridgehead atoms. The molecule has 0 spiro atoms. The summed E-state index contributed by atoms with van der Waals surface area (Å²) in [6.07, 6.45) is 1.76. The van der Waals surface area contributed by atoms with Crippen molar-refractivity contribution in [3.05, 3.63) is 28.8 Å². The summed E-state index contributed by atoms with van der Waals surface area (Å²) in [5.74, 6) is -0.460. The van der Waals surface area contributed by atoms with Gasteiger partial charge in [0.15, 0.2) is 0 Å². The summed E-state index contributed by atoms with van der Waals surface area (Å²) in [6.45, 7) is 4.88. The van der Waals surface area contributed by atoms with Gasteiger partial charge in [-0.05, 0) is 31.0 Å². The number of nitrogens with one attached hydrogen (secondary N) is 1. The Morgan fingerprint density at radius 3 is 2.55 bits per heavy atom. The van der Waals surface area contributed by atoms with Gasteiger partial charge in [-0.1, -0.05) is 25.4 Å². The predicted molar refractivity (Wildman–Crippen MR) is 81.4 cm³/mol. The van der Waals surface area contributed by atoms with E-state index < -0.39 is 5.97 Å². The van der Waals surface area contributed by atoms with Crippen LogP contribution in [0.5, 0.6) is 0 Å². The first-order valence-electron chi connectivity index (χ1n) is 6.74. The molecule has 20 heavy (non-hydrogen) atoms. The minimum Gasteiger partial charge on any atom is -0.465 e. The van der Waals surface area contributed by atoms with E-state index in [1.54, 1.807) is 12.1 Å². The molecular formula is C15H22ClNO3. The first kappa shape index (κ1) is 16.8. The molecule has 0 aliphatic rings. The van der Waals surface area contributed by atoms with Crippen molar-refractivity contribution in [1.29, 1.82) is 0 Å². The maximum Gasteiger partial charge on any atom is 0.339 e. The first-order chi connectivity index (χ1) is 9.51. The zero-order valence-electron chi connectivity index (χ0n) is 12.2. The molecule has 0 atom stereocenters. The van der Waals surface area contributed by atoms with Gasteiger partial charge < -0.3 is 15.2 Å². The topological polar surface area (TPSA) is 58.6 Å². The standard InChI is InChI=1S/C15H22ClNO3/c1-4-15(5-2,10-18)9-17-11-6-7-13(16)12(8-11)14(19)20-3/h6-8,17-18H,4-5,9-10H2,1-3H3. The second kappa shape index (κ2) is 7.50. The number of methoxy groups -OCH3 is 1. The number of rotatable bonds is 7. The number of benzene rings is 1. The zero-order chi connectivity index (χ0) is 15.2. The van der Waals surface area contributed by atoms with E-state index in [0.29, 0.717) is 17.1 Å². The first-order valence-corrected chi connectivity index (χ1v) is 7.12. The lowest BCUT2D eigenvalue weighted by molar-refractivity contribution is 0.0601. The van der Waals surface area contributed by atoms with Gasteiger partial charge in [0.05, 0.1) is 24.3 Å². The third kappa shape index (κ3) is 3.87. The number of hydrogen-bond acceptors (Lipinski definition) is 4. The van der Waals surface area contributed by atoms with Crippen LogP contribution in [0.3, 0.4) is 0 Å². The highest BCUT2D eigenvalue weighted by Gasteiger charge is 2.25. The Bertz CT molecular complexity index is 450. The van der Waals surface area contributed by atoms with Gasteiger partial charge in [0.1, 0.15) is 0 Å². The zero-order valence-corrected chi connectivity index (χ0v) is 13.0. The van der Waals surface area contributed by atoms with E-state index in [9.17, 15) is 9.90 Å². The maximum absolute atomic E-state index is 11.6. The molecule has 0 aliphatic carbocycles. The second-order valence-corrected chi connectivity index (χ2v) is 5.31. The van der Waals surface area contributed by atoms with Gasteiger partial charge in [0.2, 0.25) is 0 Å². The van der Waals surface area contributed by atoms with Crippen molar-refractivity contribution >= 4 is 23.3 Å². The number of carbonyl (C=O) groups excluding carboxylic acids is 1. The Hall–Kier alpha value is -1.26. The van der Waals surface area contributed by atoms with Crippen LogP contribution in [0.1, 0.15) is 37.0 Å². The highest BCUT2D eigenvalue weighted by Crippen LogP contribution is 2.27. The molecule has 0 heterocycles. The molecule has 1 aromatic carbocycles. The third-order valence-electron chi connectivity index (χ3n) is 3.87. The molecule has 0 fully saturated rings. The fraction of sp³-hybridized carbons (Fsp3) is 0.533. The fourth-order valence-electron chi connectivity index (χ4n) is 1.97.